The summed E-state index contributed by atoms with van der Waals surface area (Å²) in [7, 11) is 0. The maximum atomic E-state index is 11.9. The summed E-state index contributed by atoms with van der Waals surface area (Å²) < 4.78 is 5.67. The van der Waals surface area contributed by atoms with Crippen LogP contribution in [0.1, 0.15) is 31.4 Å². The highest BCUT2D eigenvalue weighted by molar-refractivity contribution is 5.79. The van der Waals surface area contributed by atoms with Crippen LogP contribution < -0.4 is 15.8 Å². The molecule has 3 N–H and O–H groups in total. The fourth-order valence-corrected chi connectivity index (χ4v) is 2.10. The smallest absolute Gasteiger partial charge is 0.224 e. The predicted molar refractivity (Wildman–Crippen MR) is 70.3 cm³/mol. The Hall–Kier alpha value is -1.55. The zero-order valence-electron chi connectivity index (χ0n) is 10.7. The summed E-state index contributed by atoms with van der Waals surface area (Å²) in [6.07, 6.45) is 1.84. The molecule has 0 saturated carbocycles. The number of carbonyl (C=O) groups is 1. The number of fused-ring (bicyclic) bond motifs is 1. The van der Waals surface area contributed by atoms with Gasteiger partial charge in [-0.1, -0.05) is 25.1 Å². The van der Waals surface area contributed by atoms with Crippen LogP contribution in [0.3, 0.4) is 0 Å². The highest BCUT2D eigenvalue weighted by atomic mass is 16.5. The van der Waals surface area contributed by atoms with Crippen molar-refractivity contribution < 1.29 is 9.53 Å². The van der Waals surface area contributed by atoms with E-state index in [0.717, 1.165) is 24.2 Å². The fraction of sp³-hybridized carbons (Fsp3) is 0.500. The van der Waals surface area contributed by atoms with Gasteiger partial charge in [0, 0.05) is 18.0 Å². The number of ether oxygens (including phenoxy) is 1. The lowest BCUT2D eigenvalue weighted by Gasteiger charge is -2.20. The first-order valence-corrected chi connectivity index (χ1v) is 6.44. The van der Waals surface area contributed by atoms with Crippen LogP contribution in [-0.2, 0) is 4.79 Å². The van der Waals surface area contributed by atoms with Gasteiger partial charge in [-0.05, 0) is 18.9 Å². The lowest BCUT2D eigenvalue weighted by atomic mass is 10.0. The van der Waals surface area contributed by atoms with Crippen molar-refractivity contribution >= 4 is 5.91 Å². The first-order valence-electron chi connectivity index (χ1n) is 6.44. The maximum Gasteiger partial charge on any atom is 0.224 e. The summed E-state index contributed by atoms with van der Waals surface area (Å²) in [5.74, 6) is 0.737. The van der Waals surface area contributed by atoms with Crippen molar-refractivity contribution in [3.8, 4) is 5.75 Å². The quantitative estimate of drug-likeness (QED) is 0.854. The van der Waals surface area contributed by atoms with Crippen molar-refractivity contribution in [1.82, 2.24) is 5.32 Å². The SMILES string of the molecule is CC(CN)C(=O)NC1CCCOc2ccccc21. The van der Waals surface area contributed by atoms with E-state index in [9.17, 15) is 4.79 Å². The maximum absolute atomic E-state index is 11.9. The first kappa shape index (κ1) is 12.9. The van der Waals surface area contributed by atoms with Gasteiger partial charge in [-0.3, -0.25) is 4.79 Å². The second-order valence-electron chi connectivity index (χ2n) is 4.73. The van der Waals surface area contributed by atoms with Gasteiger partial charge in [-0.2, -0.15) is 0 Å². The zero-order chi connectivity index (χ0) is 13.0. The van der Waals surface area contributed by atoms with Gasteiger partial charge in [0.2, 0.25) is 5.91 Å². The van der Waals surface area contributed by atoms with E-state index in [1.807, 2.05) is 31.2 Å². The van der Waals surface area contributed by atoms with Gasteiger partial charge in [-0.25, -0.2) is 0 Å². The molecule has 0 bridgehead atoms. The van der Waals surface area contributed by atoms with Gasteiger partial charge in [0.1, 0.15) is 5.75 Å². The molecule has 18 heavy (non-hydrogen) atoms. The standard InChI is InChI=1S/C14H20N2O2/c1-10(9-15)14(17)16-12-6-4-8-18-13-7-3-2-5-11(12)13/h2-3,5,7,10,12H,4,6,8-9,15H2,1H3,(H,16,17). The number of nitrogens with one attached hydrogen (secondary N) is 1. The molecule has 0 spiro atoms. The average molecular weight is 248 g/mol. The van der Waals surface area contributed by atoms with E-state index in [2.05, 4.69) is 5.32 Å². The van der Waals surface area contributed by atoms with Gasteiger partial charge in [0.05, 0.1) is 12.6 Å². The summed E-state index contributed by atoms with van der Waals surface area (Å²) in [6.45, 7) is 2.92. The van der Waals surface area contributed by atoms with Gasteiger partial charge in [0.15, 0.2) is 0 Å². The van der Waals surface area contributed by atoms with Crippen LogP contribution in [0.25, 0.3) is 0 Å². The van der Waals surface area contributed by atoms with E-state index in [1.165, 1.54) is 0 Å². The Morgan fingerprint density at radius 3 is 3.11 bits per heavy atom. The van der Waals surface area contributed by atoms with Crippen molar-refractivity contribution in [3.05, 3.63) is 29.8 Å². The van der Waals surface area contributed by atoms with Crippen molar-refractivity contribution in [2.24, 2.45) is 11.7 Å². The molecular weight excluding hydrogens is 228 g/mol. The van der Waals surface area contributed by atoms with Gasteiger partial charge in [-0.15, -0.1) is 0 Å². The third kappa shape index (κ3) is 2.82. The van der Waals surface area contributed by atoms with Gasteiger partial charge >= 0.3 is 0 Å². The first-order chi connectivity index (χ1) is 8.72. The Morgan fingerprint density at radius 1 is 1.56 bits per heavy atom. The van der Waals surface area contributed by atoms with E-state index in [-0.39, 0.29) is 17.9 Å². The molecule has 2 rings (SSSR count). The summed E-state index contributed by atoms with van der Waals surface area (Å²) in [4.78, 5) is 11.9. The molecule has 98 valence electrons. The van der Waals surface area contributed by atoms with Crippen LogP contribution in [0.4, 0.5) is 0 Å². The second-order valence-corrected chi connectivity index (χ2v) is 4.73. The number of hydrogen-bond donors (Lipinski definition) is 2. The molecule has 0 aromatic heterocycles. The normalized spacial score (nSPS) is 20.2. The molecule has 0 radical (unpaired) electrons. The van der Waals surface area contributed by atoms with E-state index in [0.29, 0.717) is 13.2 Å². The Morgan fingerprint density at radius 2 is 2.33 bits per heavy atom. The molecule has 4 heteroatoms. The Labute approximate surface area is 108 Å². The van der Waals surface area contributed by atoms with E-state index in [1.54, 1.807) is 0 Å². The van der Waals surface area contributed by atoms with E-state index >= 15 is 0 Å². The van der Waals surface area contributed by atoms with Crippen LogP contribution in [0.5, 0.6) is 5.75 Å². The lowest BCUT2D eigenvalue weighted by Crippen LogP contribution is -2.35. The molecule has 0 aliphatic carbocycles. The number of rotatable bonds is 3. The van der Waals surface area contributed by atoms with Crippen molar-refractivity contribution in [1.29, 1.82) is 0 Å². The zero-order valence-corrected chi connectivity index (χ0v) is 10.7. The van der Waals surface area contributed by atoms with Crippen LogP contribution in [0.2, 0.25) is 0 Å². The number of nitrogens with two attached hydrogens (primary N) is 1. The highest BCUT2D eigenvalue weighted by Gasteiger charge is 2.22. The van der Waals surface area contributed by atoms with Crippen molar-refractivity contribution in [2.45, 2.75) is 25.8 Å². The molecule has 1 aromatic carbocycles. The summed E-state index contributed by atoms with van der Waals surface area (Å²) in [5, 5.41) is 3.07. The Balaban J connectivity index is 2.15. The molecule has 1 heterocycles. The van der Waals surface area contributed by atoms with Gasteiger partial charge in [0.25, 0.3) is 0 Å². The lowest BCUT2D eigenvalue weighted by molar-refractivity contribution is -0.125. The molecule has 1 aliphatic heterocycles. The molecule has 2 atom stereocenters. The average Bonchev–Trinajstić information content (AvgIpc) is 2.60. The van der Waals surface area contributed by atoms with Crippen LogP contribution in [0, 0.1) is 5.92 Å². The minimum absolute atomic E-state index is 0.0132. The minimum Gasteiger partial charge on any atom is -0.493 e. The van der Waals surface area contributed by atoms with Crippen molar-refractivity contribution in [2.75, 3.05) is 13.2 Å². The number of amides is 1. The highest BCUT2D eigenvalue weighted by Crippen LogP contribution is 2.31. The molecule has 1 aliphatic rings. The largest absolute Gasteiger partial charge is 0.493 e. The molecule has 2 unspecified atom stereocenters. The molecule has 0 saturated heterocycles. The second kappa shape index (κ2) is 5.87. The predicted octanol–water partition coefficient (Wildman–Crippen LogP) is 1.61. The molecule has 1 aromatic rings. The fourth-order valence-electron chi connectivity index (χ4n) is 2.10. The summed E-state index contributed by atoms with van der Waals surface area (Å²) in [6, 6.07) is 7.92. The third-order valence-electron chi connectivity index (χ3n) is 3.31. The summed E-state index contributed by atoms with van der Waals surface area (Å²) >= 11 is 0. The van der Waals surface area contributed by atoms with Gasteiger partial charge < -0.3 is 15.8 Å². The number of hydrogen-bond acceptors (Lipinski definition) is 3. The van der Waals surface area contributed by atoms with E-state index in [4.69, 9.17) is 10.5 Å². The van der Waals surface area contributed by atoms with Crippen LogP contribution >= 0.6 is 0 Å². The van der Waals surface area contributed by atoms with E-state index < -0.39 is 0 Å². The number of para-hydroxylation sites is 1. The molecule has 1 amide bonds. The molecular formula is C14H20N2O2. The Kier molecular flexibility index (Phi) is 4.20. The van der Waals surface area contributed by atoms with Crippen LogP contribution in [-0.4, -0.2) is 19.1 Å². The van der Waals surface area contributed by atoms with Crippen LogP contribution in [0.15, 0.2) is 24.3 Å². The topological polar surface area (TPSA) is 64.4 Å². The third-order valence-corrected chi connectivity index (χ3v) is 3.31. The Bertz CT molecular complexity index is 420. The minimum atomic E-state index is -0.152. The molecule has 4 nitrogen and oxygen atoms in total. The number of carbonyl (C=O) groups excluding carboxylic acids is 1. The van der Waals surface area contributed by atoms with Crippen molar-refractivity contribution in [3.63, 3.8) is 0 Å². The monoisotopic (exact) mass is 248 g/mol. The summed E-state index contributed by atoms with van der Waals surface area (Å²) in [5.41, 5.74) is 6.58. The molecule has 0 fully saturated rings. The number of benzene rings is 1.